The molecule has 1 unspecified atom stereocenters. The third kappa shape index (κ3) is 3.06. The summed E-state index contributed by atoms with van der Waals surface area (Å²) < 4.78 is 0. The summed E-state index contributed by atoms with van der Waals surface area (Å²) in [5, 5.41) is 52.0. The standard InChI is InChI=1S/C5H10N6O6/c1-2(12)9(13)3-6-4(10(14)15)8-5(7-3)11(16)17/h2,12-17H,1H3. The van der Waals surface area contributed by atoms with Crippen molar-refractivity contribution in [3.63, 3.8) is 0 Å². The highest BCUT2D eigenvalue weighted by atomic mass is 16.8. The van der Waals surface area contributed by atoms with E-state index in [0.29, 0.717) is 0 Å². The van der Waals surface area contributed by atoms with Gasteiger partial charge in [0.25, 0.3) is 17.8 Å². The molecule has 1 aromatic rings. The molecule has 96 valence electrons. The van der Waals surface area contributed by atoms with Crippen molar-refractivity contribution in [1.29, 1.82) is 0 Å². The monoisotopic (exact) mass is 250 g/mol. The zero-order chi connectivity index (χ0) is 13.2. The quantitative estimate of drug-likeness (QED) is 0.272. The first-order chi connectivity index (χ1) is 7.82. The number of rotatable bonds is 4. The summed E-state index contributed by atoms with van der Waals surface area (Å²) in [5.74, 6) is -2.25. The van der Waals surface area contributed by atoms with Gasteiger partial charge in [-0.2, -0.15) is 20.0 Å². The molecule has 6 N–H and O–H groups in total. The van der Waals surface area contributed by atoms with Crippen molar-refractivity contribution >= 4 is 17.8 Å². The maximum Gasteiger partial charge on any atom is 0.284 e. The lowest BCUT2D eigenvalue weighted by Gasteiger charge is -2.19. The summed E-state index contributed by atoms with van der Waals surface area (Å²) in [7, 11) is 0. The average molecular weight is 250 g/mol. The Kier molecular flexibility index (Phi) is 3.89. The molecule has 1 aromatic heterocycles. The van der Waals surface area contributed by atoms with Crippen LogP contribution in [0.4, 0.5) is 17.8 Å². The van der Waals surface area contributed by atoms with E-state index < -0.39 is 34.5 Å². The van der Waals surface area contributed by atoms with E-state index in [1.807, 2.05) is 0 Å². The molecule has 12 nitrogen and oxygen atoms in total. The molecule has 0 spiro atoms. The summed E-state index contributed by atoms with van der Waals surface area (Å²) in [6, 6.07) is 0. The van der Waals surface area contributed by atoms with Gasteiger partial charge in [-0.1, -0.05) is 10.5 Å². The van der Waals surface area contributed by atoms with Gasteiger partial charge in [0.2, 0.25) is 0 Å². The van der Waals surface area contributed by atoms with Gasteiger partial charge in [0.1, 0.15) is 0 Å². The van der Waals surface area contributed by atoms with Crippen molar-refractivity contribution in [3.8, 4) is 0 Å². The molecule has 0 saturated heterocycles. The van der Waals surface area contributed by atoms with Crippen molar-refractivity contribution in [2.75, 3.05) is 15.5 Å². The molecule has 17 heavy (non-hydrogen) atoms. The van der Waals surface area contributed by atoms with E-state index in [1.165, 1.54) is 0 Å². The fourth-order valence-corrected chi connectivity index (χ4v) is 0.792. The zero-order valence-corrected chi connectivity index (χ0v) is 8.44. The molecule has 0 fully saturated rings. The van der Waals surface area contributed by atoms with Gasteiger partial charge in [-0.05, 0) is 6.92 Å². The van der Waals surface area contributed by atoms with Gasteiger partial charge in [0.15, 0.2) is 6.23 Å². The van der Waals surface area contributed by atoms with E-state index in [9.17, 15) is 5.21 Å². The SMILES string of the molecule is CC(O)N(O)c1nc(N(O)O)nc(N(O)O)n1. The summed E-state index contributed by atoms with van der Waals surface area (Å²) in [5.41, 5.74) is 0. The number of aliphatic hydroxyl groups excluding tert-OH is 1. The van der Waals surface area contributed by atoms with E-state index in [2.05, 4.69) is 15.0 Å². The van der Waals surface area contributed by atoms with Crippen LogP contribution in [0.1, 0.15) is 6.92 Å². The van der Waals surface area contributed by atoms with Crippen LogP contribution in [-0.4, -0.2) is 52.3 Å². The number of anilines is 3. The Morgan fingerprint density at radius 2 is 1.18 bits per heavy atom. The number of aromatic nitrogens is 3. The van der Waals surface area contributed by atoms with Crippen molar-refractivity contribution in [3.05, 3.63) is 0 Å². The lowest BCUT2D eigenvalue weighted by Crippen LogP contribution is -2.32. The smallest absolute Gasteiger partial charge is 0.284 e. The molecule has 0 aliphatic heterocycles. The van der Waals surface area contributed by atoms with Gasteiger partial charge in [0.05, 0.1) is 0 Å². The summed E-state index contributed by atoms with van der Waals surface area (Å²) in [6.07, 6.45) is -1.42. The maximum atomic E-state index is 9.28. The Balaban J connectivity index is 3.21. The Bertz CT molecular complexity index is 359. The topological polar surface area (TPSA) is 170 Å². The van der Waals surface area contributed by atoms with Gasteiger partial charge in [-0.25, -0.2) is 0 Å². The van der Waals surface area contributed by atoms with Crippen LogP contribution >= 0.6 is 0 Å². The fraction of sp³-hybridized carbons (Fsp3) is 0.400. The summed E-state index contributed by atoms with van der Waals surface area (Å²) in [4.78, 5) is 9.80. The van der Waals surface area contributed by atoms with Crippen LogP contribution in [0.3, 0.4) is 0 Å². The molecule has 1 heterocycles. The van der Waals surface area contributed by atoms with Crippen molar-refractivity contribution in [2.45, 2.75) is 13.2 Å². The molecular formula is C5H10N6O6. The number of hydrogen-bond donors (Lipinski definition) is 6. The molecule has 0 aromatic carbocycles. The van der Waals surface area contributed by atoms with E-state index in [0.717, 1.165) is 6.92 Å². The first-order valence-corrected chi connectivity index (χ1v) is 4.11. The van der Waals surface area contributed by atoms with Crippen LogP contribution in [0.2, 0.25) is 0 Å². The van der Waals surface area contributed by atoms with Crippen LogP contribution in [0, 0.1) is 0 Å². The molecule has 1 atom stereocenters. The highest BCUT2D eigenvalue weighted by Crippen LogP contribution is 2.16. The van der Waals surface area contributed by atoms with E-state index in [-0.39, 0.29) is 5.06 Å². The summed E-state index contributed by atoms with van der Waals surface area (Å²) >= 11 is 0. The second kappa shape index (κ2) is 5.00. The Labute approximate surface area is 93.6 Å². The van der Waals surface area contributed by atoms with Gasteiger partial charge < -0.3 is 5.11 Å². The van der Waals surface area contributed by atoms with Gasteiger partial charge in [-0.3, -0.25) is 26.0 Å². The van der Waals surface area contributed by atoms with Gasteiger partial charge in [0, 0.05) is 0 Å². The van der Waals surface area contributed by atoms with E-state index >= 15 is 0 Å². The first-order valence-electron chi connectivity index (χ1n) is 4.11. The Morgan fingerprint density at radius 3 is 1.47 bits per heavy atom. The first kappa shape index (κ1) is 13.2. The molecule has 12 heteroatoms. The van der Waals surface area contributed by atoms with Crippen LogP contribution < -0.4 is 15.5 Å². The molecular weight excluding hydrogens is 240 g/mol. The molecule has 0 amide bonds. The Morgan fingerprint density at radius 1 is 0.824 bits per heavy atom. The minimum Gasteiger partial charge on any atom is -0.372 e. The van der Waals surface area contributed by atoms with Crippen molar-refractivity contribution in [2.24, 2.45) is 0 Å². The zero-order valence-electron chi connectivity index (χ0n) is 8.44. The molecule has 0 saturated carbocycles. The predicted octanol–water partition coefficient (Wildman–Crippen LogP) is -1.42. The van der Waals surface area contributed by atoms with E-state index in [4.69, 9.17) is 25.9 Å². The minimum absolute atomic E-state index is 0.141. The fourth-order valence-electron chi connectivity index (χ4n) is 0.792. The Hall–Kier alpha value is -1.83. The van der Waals surface area contributed by atoms with E-state index in [1.54, 1.807) is 0 Å². The second-order valence-corrected chi connectivity index (χ2v) is 2.79. The van der Waals surface area contributed by atoms with Gasteiger partial charge in [-0.15, -0.1) is 0 Å². The molecule has 1 rings (SSSR count). The summed E-state index contributed by atoms with van der Waals surface area (Å²) in [6.45, 7) is 1.16. The molecule has 0 aliphatic carbocycles. The third-order valence-corrected chi connectivity index (χ3v) is 1.52. The average Bonchev–Trinajstić information content (AvgIpc) is 2.27. The van der Waals surface area contributed by atoms with Gasteiger partial charge >= 0.3 is 0 Å². The molecule has 0 radical (unpaired) electrons. The largest absolute Gasteiger partial charge is 0.372 e. The maximum absolute atomic E-state index is 9.28. The number of hydroxylamine groups is 1. The number of hydrogen-bond acceptors (Lipinski definition) is 12. The van der Waals surface area contributed by atoms with Crippen molar-refractivity contribution < 1.29 is 31.1 Å². The third-order valence-electron chi connectivity index (χ3n) is 1.52. The number of nitrogens with zero attached hydrogens (tertiary/aromatic N) is 6. The second-order valence-electron chi connectivity index (χ2n) is 2.79. The molecule has 0 aliphatic rings. The predicted molar refractivity (Wildman–Crippen MR) is 47.9 cm³/mol. The normalized spacial score (nSPS) is 12.2. The molecule has 0 bridgehead atoms. The minimum atomic E-state index is -1.42. The van der Waals surface area contributed by atoms with Crippen LogP contribution in [-0.2, 0) is 0 Å². The lowest BCUT2D eigenvalue weighted by atomic mass is 10.6. The number of aliphatic hydroxyl groups is 1. The highest BCUT2D eigenvalue weighted by molar-refractivity contribution is 5.40. The van der Waals surface area contributed by atoms with Crippen LogP contribution in [0.25, 0.3) is 0 Å². The highest BCUT2D eigenvalue weighted by Gasteiger charge is 2.19. The van der Waals surface area contributed by atoms with Crippen LogP contribution in [0.15, 0.2) is 0 Å². The van der Waals surface area contributed by atoms with Crippen molar-refractivity contribution in [1.82, 2.24) is 15.0 Å². The lowest BCUT2D eigenvalue weighted by molar-refractivity contribution is 0.0170. The van der Waals surface area contributed by atoms with Crippen LogP contribution in [0.5, 0.6) is 0 Å².